The van der Waals surface area contributed by atoms with Crippen molar-refractivity contribution in [3.05, 3.63) is 47.7 Å². The summed E-state index contributed by atoms with van der Waals surface area (Å²) in [4.78, 5) is 20.4. The lowest BCUT2D eigenvalue weighted by atomic mass is 9.92. The van der Waals surface area contributed by atoms with Crippen LogP contribution in [0.1, 0.15) is 50.2 Å². The minimum absolute atomic E-state index is 0.000171. The molecule has 1 amide bonds. The molecule has 38 heavy (non-hydrogen) atoms. The number of anilines is 2. The molecule has 4 rings (SSSR count). The van der Waals surface area contributed by atoms with Crippen molar-refractivity contribution < 1.29 is 27.4 Å². The molecule has 204 valence electrons. The van der Waals surface area contributed by atoms with Crippen molar-refractivity contribution in [2.45, 2.75) is 57.3 Å². The number of alkyl halides is 3. The van der Waals surface area contributed by atoms with Crippen LogP contribution in [0.25, 0.3) is 0 Å². The van der Waals surface area contributed by atoms with Crippen LogP contribution in [-0.2, 0) is 10.9 Å². The zero-order valence-electron chi connectivity index (χ0n) is 21.3. The number of carbonyl (C=O) groups excluding carboxylic acids is 1. The standard InChI is InChI=1S/C27H32F3N5O3/c1-2-15-37-26(36)35-13-11-34(12-14-35)25-17-23(9-10-32-25)38-22-7-5-20(6-8-22)33-21-4-3-19(18-31)24(16-21)27(28,29)30/h3-4,9-10,16-17,20,22,33H,2,5-8,11-15H2,1H3/t20-,22-. The van der Waals surface area contributed by atoms with E-state index in [1.807, 2.05) is 19.1 Å². The fraction of sp³-hybridized carbons (Fsp3) is 0.519. The number of halogens is 3. The van der Waals surface area contributed by atoms with Gasteiger partial charge in [-0.15, -0.1) is 0 Å². The normalized spacial score (nSPS) is 20.0. The van der Waals surface area contributed by atoms with Gasteiger partial charge in [-0.3, -0.25) is 0 Å². The molecule has 0 radical (unpaired) electrons. The number of piperazine rings is 1. The predicted molar refractivity (Wildman–Crippen MR) is 136 cm³/mol. The van der Waals surface area contributed by atoms with Crippen molar-refractivity contribution in [3.63, 3.8) is 0 Å². The number of hydrogen-bond acceptors (Lipinski definition) is 7. The fourth-order valence-electron chi connectivity index (χ4n) is 4.76. The van der Waals surface area contributed by atoms with Crippen molar-refractivity contribution in [3.8, 4) is 11.8 Å². The predicted octanol–water partition coefficient (Wildman–Crippen LogP) is 5.44. The first-order valence-electron chi connectivity index (χ1n) is 12.9. The highest BCUT2D eigenvalue weighted by Crippen LogP contribution is 2.34. The molecule has 1 saturated carbocycles. The van der Waals surface area contributed by atoms with Crippen molar-refractivity contribution in [2.75, 3.05) is 43.0 Å². The first-order valence-corrected chi connectivity index (χ1v) is 12.9. The lowest BCUT2D eigenvalue weighted by molar-refractivity contribution is -0.137. The van der Waals surface area contributed by atoms with Crippen LogP contribution < -0.4 is 15.0 Å². The Morgan fingerprint density at radius 2 is 1.87 bits per heavy atom. The van der Waals surface area contributed by atoms with Gasteiger partial charge in [0, 0.05) is 50.2 Å². The number of nitriles is 1. The third-order valence-electron chi connectivity index (χ3n) is 6.80. The topological polar surface area (TPSA) is 90.7 Å². The summed E-state index contributed by atoms with van der Waals surface area (Å²) in [6.07, 6.45) is 0.670. The summed E-state index contributed by atoms with van der Waals surface area (Å²) >= 11 is 0. The van der Waals surface area contributed by atoms with Crippen molar-refractivity contribution in [1.82, 2.24) is 9.88 Å². The molecule has 1 aromatic heterocycles. The molecule has 2 aromatic rings. The van der Waals surface area contributed by atoms with Crippen LogP contribution in [0.3, 0.4) is 0 Å². The lowest BCUT2D eigenvalue weighted by Gasteiger charge is -2.35. The van der Waals surface area contributed by atoms with Gasteiger partial charge >= 0.3 is 12.3 Å². The van der Waals surface area contributed by atoms with E-state index in [1.54, 1.807) is 17.2 Å². The summed E-state index contributed by atoms with van der Waals surface area (Å²) in [6, 6.07) is 9.09. The summed E-state index contributed by atoms with van der Waals surface area (Å²) in [5, 5.41) is 12.2. The second-order valence-corrected chi connectivity index (χ2v) is 9.54. The smallest absolute Gasteiger partial charge is 0.417 e. The van der Waals surface area contributed by atoms with Crippen molar-refractivity contribution >= 4 is 17.6 Å². The Hall–Kier alpha value is -3.68. The highest BCUT2D eigenvalue weighted by molar-refractivity contribution is 5.68. The van der Waals surface area contributed by atoms with E-state index in [9.17, 15) is 18.0 Å². The third kappa shape index (κ3) is 7.00. The summed E-state index contributed by atoms with van der Waals surface area (Å²) in [5.74, 6) is 1.51. The first-order chi connectivity index (χ1) is 18.3. The van der Waals surface area contributed by atoms with E-state index in [-0.39, 0.29) is 23.8 Å². The molecule has 0 bridgehead atoms. The minimum Gasteiger partial charge on any atom is -0.490 e. The number of aromatic nitrogens is 1. The fourth-order valence-corrected chi connectivity index (χ4v) is 4.76. The van der Waals surface area contributed by atoms with Gasteiger partial charge in [-0.05, 0) is 56.4 Å². The number of nitrogens with one attached hydrogen (secondary N) is 1. The molecule has 0 spiro atoms. The summed E-state index contributed by atoms with van der Waals surface area (Å²) in [7, 11) is 0. The highest BCUT2D eigenvalue weighted by Gasteiger charge is 2.34. The Morgan fingerprint density at radius 1 is 1.13 bits per heavy atom. The molecule has 1 saturated heterocycles. The van der Waals surface area contributed by atoms with Crippen LogP contribution in [0, 0.1) is 11.3 Å². The minimum atomic E-state index is -4.58. The molecular formula is C27H32F3N5O3. The van der Waals surface area contributed by atoms with Crippen molar-refractivity contribution in [2.24, 2.45) is 0 Å². The molecule has 0 unspecified atom stereocenters. The Labute approximate surface area is 220 Å². The van der Waals surface area contributed by atoms with Gasteiger partial charge in [0.25, 0.3) is 0 Å². The Morgan fingerprint density at radius 3 is 2.53 bits per heavy atom. The molecule has 1 aromatic carbocycles. The van der Waals surface area contributed by atoms with Gasteiger partial charge in [0.05, 0.1) is 29.9 Å². The lowest BCUT2D eigenvalue weighted by Crippen LogP contribution is -2.49. The van der Waals surface area contributed by atoms with E-state index in [1.165, 1.54) is 12.1 Å². The van der Waals surface area contributed by atoms with Gasteiger partial charge in [0.2, 0.25) is 0 Å². The SMILES string of the molecule is CCCOC(=O)N1CCN(c2cc(O[C@H]3CC[C@H](Nc4ccc(C#N)c(C(F)(F)F)c4)CC3)ccn2)CC1. The van der Waals surface area contributed by atoms with Gasteiger partial charge < -0.3 is 24.6 Å². The Kier molecular flexibility index (Phi) is 8.81. The average Bonchev–Trinajstić information content (AvgIpc) is 2.92. The summed E-state index contributed by atoms with van der Waals surface area (Å²) in [6.45, 7) is 4.82. The van der Waals surface area contributed by atoms with Gasteiger partial charge in [-0.2, -0.15) is 18.4 Å². The van der Waals surface area contributed by atoms with Crippen LogP contribution >= 0.6 is 0 Å². The maximum atomic E-state index is 13.3. The molecule has 0 atom stereocenters. The van der Waals surface area contributed by atoms with E-state index >= 15 is 0 Å². The Balaban J connectivity index is 1.27. The van der Waals surface area contributed by atoms with Gasteiger partial charge in [0.15, 0.2) is 0 Å². The molecule has 8 nitrogen and oxygen atoms in total. The summed E-state index contributed by atoms with van der Waals surface area (Å²) in [5.41, 5.74) is -0.945. The quantitative estimate of drug-likeness (QED) is 0.509. The van der Waals surface area contributed by atoms with Gasteiger partial charge in [0.1, 0.15) is 11.6 Å². The third-order valence-corrected chi connectivity index (χ3v) is 6.80. The number of rotatable bonds is 7. The van der Waals surface area contributed by atoms with E-state index in [4.69, 9.17) is 14.7 Å². The van der Waals surface area contributed by atoms with Crippen LogP contribution in [0.15, 0.2) is 36.5 Å². The maximum absolute atomic E-state index is 13.3. The number of amides is 1. The van der Waals surface area contributed by atoms with E-state index in [0.29, 0.717) is 38.5 Å². The number of pyridine rings is 1. The van der Waals surface area contributed by atoms with Crippen LogP contribution in [0.2, 0.25) is 0 Å². The largest absolute Gasteiger partial charge is 0.490 e. The monoisotopic (exact) mass is 531 g/mol. The second kappa shape index (κ2) is 12.2. The highest BCUT2D eigenvalue weighted by atomic mass is 19.4. The molecule has 2 aliphatic rings. The molecule has 2 heterocycles. The zero-order chi connectivity index (χ0) is 27.1. The van der Waals surface area contributed by atoms with Crippen LogP contribution in [0.5, 0.6) is 5.75 Å². The molecule has 2 fully saturated rings. The van der Waals surface area contributed by atoms with E-state index in [0.717, 1.165) is 49.7 Å². The van der Waals surface area contributed by atoms with E-state index < -0.39 is 11.7 Å². The van der Waals surface area contributed by atoms with Crippen molar-refractivity contribution in [1.29, 1.82) is 5.26 Å². The number of carbonyl (C=O) groups is 1. The number of hydrogen-bond donors (Lipinski definition) is 1. The molecule has 11 heteroatoms. The average molecular weight is 532 g/mol. The number of benzene rings is 1. The van der Waals surface area contributed by atoms with Gasteiger partial charge in [-0.25, -0.2) is 9.78 Å². The first kappa shape index (κ1) is 27.4. The maximum Gasteiger partial charge on any atom is 0.417 e. The second-order valence-electron chi connectivity index (χ2n) is 9.54. The number of nitrogens with zero attached hydrogens (tertiary/aromatic N) is 4. The Bertz CT molecular complexity index is 1140. The van der Waals surface area contributed by atoms with E-state index in [2.05, 4.69) is 15.2 Å². The molecular weight excluding hydrogens is 499 g/mol. The zero-order valence-corrected chi connectivity index (χ0v) is 21.3. The molecule has 1 aliphatic heterocycles. The van der Waals surface area contributed by atoms with Crippen LogP contribution in [-0.4, -0.2) is 60.9 Å². The number of ether oxygens (including phenoxy) is 2. The molecule has 1 aliphatic carbocycles. The van der Waals surface area contributed by atoms with Crippen LogP contribution in [0.4, 0.5) is 29.5 Å². The van der Waals surface area contributed by atoms with Gasteiger partial charge in [-0.1, -0.05) is 6.92 Å². The molecule has 1 N–H and O–H groups in total. The summed E-state index contributed by atoms with van der Waals surface area (Å²) < 4.78 is 51.2.